The van der Waals surface area contributed by atoms with E-state index in [4.69, 9.17) is 19.6 Å². The number of rotatable bonds is 5. The van der Waals surface area contributed by atoms with E-state index < -0.39 is 0 Å². The molecule has 0 fully saturated rings. The Kier molecular flexibility index (Phi) is 3.56. The number of nitrogen functional groups attached to an aromatic ring is 1. The zero-order chi connectivity index (χ0) is 12.1. The summed E-state index contributed by atoms with van der Waals surface area (Å²) in [5.74, 6) is 1.16. The second-order valence-corrected chi connectivity index (χ2v) is 3.31. The van der Waals surface area contributed by atoms with E-state index in [1.807, 2.05) is 24.3 Å². The second-order valence-electron chi connectivity index (χ2n) is 3.31. The van der Waals surface area contributed by atoms with Crippen LogP contribution in [0.4, 0.5) is 6.01 Å². The van der Waals surface area contributed by atoms with Crippen LogP contribution in [0.2, 0.25) is 0 Å². The molecule has 17 heavy (non-hydrogen) atoms. The SMILES string of the molecule is COCCOc1ccc(-c2nnc(N)o2)cc1. The quantitative estimate of drug-likeness (QED) is 0.787. The standard InChI is InChI=1S/C11H13N3O3/c1-15-6-7-16-9-4-2-8(3-5-9)10-13-14-11(12)17-10/h2-5H,6-7H2,1H3,(H2,12,14). The van der Waals surface area contributed by atoms with Crippen LogP contribution >= 0.6 is 0 Å². The minimum absolute atomic E-state index is 0.0559. The van der Waals surface area contributed by atoms with Crippen LogP contribution in [0.15, 0.2) is 28.7 Å². The summed E-state index contributed by atoms with van der Waals surface area (Å²) >= 11 is 0. The number of benzene rings is 1. The topological polar surface area (TPSA) is 83.4 Å². The molecule has 0 radical (unpaired) electrons. The van der Waals surface area contributed by atoms with Gasteiger partial charge in [0.25, 0.3) is 0 Å². The molecule has 1 aromatic carbocycles. The lowest BCUT2D eigenvalue weighted by molar-refractivity contribution is 0.146. The van der Waals surface area contributed by atoms with Gasteiger partial charge in [-0.2, -0.15) is 0 Å². The molecule has 2 N–H and O–H groups in total. The number of nitrogens with two attached hydrogens (primary N) is 1. The van der Waals surface area contributed by atoms with Crippen LogP contribution in [0.3, 0.4) is 0 Å². The molecule has 0 unspecified atom stereocenters. The largest absolute Gasteiger partial charge is 0.491 e. The Hall–Kier alpha value is -2.08. The molecular weight excluding hydrogens is 222 g/mol. The van der Waals surface area contributed by atoms with Crippen LogP contribution in [0.5, 0.6) is 5.75 Å². The van der Waals surface area contributed by atoms with E-state index in [1.54, 1.807) is 7.11 Å². The summed E-state index contributed by atoms with van der Waals surface area (Å²) < 4.78 is 15.4. The van der Waals surface area contributed by atoms with Gasteiger partial charge in [-0.1, -0.05) is 5.10 Å². The number of hydrogen-bond acceptors (Lipinski definition) is 6. The third-order valence-electron chi connectivity index (χ3n) is 2.10. The fourth-order valence-electron chi connectivity index (χ4n) is 1.29. The van der Waals surface area contributed by atoms with E-state index in [9.17, 15) is 0 Å². The average molecular weight is 235 g/mol. The Bertz CT molecular complexity index is 467. The van der Waals surface area contributed by atoms with Gasteiger partial charge in [-0.15, -0.1) is 5.10 Å². The highest BCUT2D eigenvalue weighted by Gasteiger charge is 2.05. The molecule has 90 valence electrons. The van der Waals surface area contributed by atoms with Crippen LogP contribution in [-0.2, 0) is 4.74 Å². The Morgan fingerprint density at radius 1 is 1.18 bits per heavy atom. The molecule has 0 atom stereocenters. The van der Waals surface area contributed by atoms with Crippen LogP contribution < -0.4 is 10.5 Å². The summed E-state index contributed by atoms with van der Waals surface area (Å²) in [7, 11) is 1.63. The summed E-state index contributed by atoms with van der Waals surface area (Å²) in [6.45, 7) is 1.07. The smallest absolute Gasteiger partial charge is 0.313 e. The van der Waals surface area contributed by atoms with Crippen molar-refractivity contribution in [2.45, 2.75) is 0 Å². The molecule has 1 heterocycles. The van der Waals surface area contributed by atoms with Crippen molar-refractivity contribution in [1.29, 1.82) is 0 Å². The van der Waals surface area contributed by atoms with E-state index >= 15 is 0 Å². The van der Waals surface area contributed by atoms with Crippen molar-refractivity contribution in [1.82, 2.24) is 10.2 Å². The number of ether oxygens (including phenoxy) is 2. The van der Waals surface area contributed by atoms with E-state index in [0.717, 1.165) is 11.3 Å². The van der Waals surface area contributed by atoms with Crippen molar-refractivity contribution in [3.8, 4) is 17.2 Å². The molecule has 0 bridgehead atoms. The first-order valence-corrected chi connectivity index (χ1v) is 5.11. The van der Waals surface area contributed by atoms with Gasteiger partial charge in [0.1, 0.15) is 12.4 Å². The van der Waals surface area contributed by atoms with Gasteiger partial charge < -0.3 is 19.6 Å². The molecule has 0 saturated carbocycles. The van der Waals surface area contributed by atoms with E-state index in [1.165, 1.54) is 0 Å². The molecule has 1 aromatic heterocycles. The maximum atomic E-state index is 5.43. The van der Waals surface area contributed by atoms with E-state index in [2.05, 4.69) is 10.2 Å². The Morgan fingerprint density at radius 3 is 2.53 bits per heavy atom. The third kappa shape index (κ3) is 2.94. The zero-order valence-corrected chi connectivity index (χ0v) is 9.42. The second kappa shape index (κ2) is 5.31. The number of methoxy groups -OCH3 is 1. The maximum absolute atomic E-state index is 5.43. The third-order valence-corrected chi connectivity index (χ3v) is 2.10. The van der Waals surface area contributed by atoms with Crippen LogP contribution in [0.25, 0.3) is 11.5 Å². The predicted octanol–water partition coefficient (Wildman–Crippen LogP) is 1.34. The van der Waals surface area contributed by atoms with E-state index in [0.29, 0.717) is 19.1 Å². The molecule has 2 aromatic rings. The highest BCUT2D eigenvalue weighted by atomic mass is 16.5. The monoisotopic (exact) mass is 235 g/mol. The molecular formula is C11H13N3O3. The molecule has 0 saturated heterocycles. The first-order chi connectivity index (χ1) is 8.29. The zero-order valence-electron chi connectivity index (χ0n) is 9.42. The molecule has 6 heteroatoms. The Morgan fingerprint density at radius 2 is 1.94 bits per heavy atom. The van der Waals surface area contributed by atoms with Gasteiger partial charge in [0.2, 0.25) is 5.89 Å². The minimum Gasteiger partial charge on any atom is -0.491 e. The van der Waals surface area contributed by atoms with Gasteiger partial charge in [-0.05, 0) is 24.3 Å². The van der Waals surface area contributed by atoms with E-state index in [-0.39, 0.29) is 6.01 Å². The predicted molar refractivity (Wildman–Crippen MR) is 61.5 cm³/mol. The van der Waals surface area contributed by atoms with Crippen LogP contribution in [0, 0.1) is 0 Å². The maximum Gasteiger partial charge on any atom is 0.313 e. The number of aromatic nitrogens is 2. The molecule has 0 spiro atoms. The average Bonchev–Trinajstić information content (AvgIpc) is 2.77. The van der Waals surface area contributed by atoms with Gasteiger partial charge >= 0.3 is 6.01 Å². The number of anilines is 1. The summed E-state index contributed by atoms with van der Waals surface area (Å²) in [6, 6.07) is 7.36. The van der Waals surface area contributed by atoms with Crippen molar-refractivity contribution in [3.63, 3.8) is 0 Å². The first-order valence-electron chi connectivity index (χ1n) is 5.11. The van der Waals surface area contributed by atoms with Crippen LogP contribution in [0.1, 0.15) is 0 Å². The number of nitrogens with zero attached hydrogens (tertiary/aromatic N) is 2. The Labute approximate surface area is 98.4 Å². The lowest BCUT2D eigenvalue weighted by Gasteiger charge is -2.05. The fourth-order valence-corrected chi connectivity index (χ4v) is 1.29. The molecule has 0 aliphatic rings. The van der Waals surface area contributed by atoms with Crippen molar-refractivity contribution in [3.05, 3.63) is 24.3 Å². The summed E-state index contributed by atoms with van der Waals surface area (Å²) in [4.78, 5) is 0. The summed E-state index contributed by atoms with van der Waals surface area (Å²) in [5.41, 5.74) is 6.15. The van der Waals surface area contributed by atoms with Gasteiger partial charge in [-0.25, -0.2) is 0 Å². The molecule has 6 nitrogen and oxygen atoms in total. The normalized spacial score (nSPS) is 10.4. The lowest BCUT2D eigenvalue weighted by atomic mass is 10.2. The van der Waals surface area contributed by atoms with Crippen molar-refractivity contribution < 1.29 is 13.9 Å². The van der Waals surface area contributed by atoms with Gasteiger partial charge in [-0.3, -0.25) is 0 Å². The molecule has 0 amide bonds. The summed E-state index contributed by atoms with van der Waals surface area (Å²) in [5, 5.41) is 7.38. The fraction of sp³-hybridized carbons (Fsp3) is 0.273. The van der Waals surface area contributed by atoms with Crippen molar-refractivity contribution in [2.75, 3.05) is 26.1 Å². The van der Waals surface area contributed by atoms with Gasteiger partial charge in [0.05, 0.1) is 6.61 Å². The van der Waals surface area contributed by atoms with Crippen LogP contribution in [-0.4, -0.2) is 30.5 Å². The summed E-state index contributed by atoms with van der Waals surface area (Å²) in [6.07, 6.45) is 0. The molecule has 0 aliphatic carbocycles. The minimum atomic E-state index is 0.0559. The van der Waals surface area contributed by atoms with Gasteiger partial charge in [0, 0.05) is 12.7 Å². The van der Waals surface area contributed by atoms with Crippen molar-refractivity contribution >= 4 is 6.01 Å². The lowest BCUT2D eigenvalue weighted by Crippen LogP contribution is -2.03. The molecule has 0 aliphatic heterocycles. The highest BCUT2D eigenvalue weighted by Crippen LogP contribution is 2.21. The Balaban J connectivity index is 2.02. The van der Waals surface area contributed by atoms with Gasteiger partial charge in [0.15, 0.2) is 0 Å². The van der Waals surface area contributed by atoms with Crippen molar-refractivity contribution in [2.24, 2.45) is 0 Å². The highest BCUT2D eigenvalue weighted by molar-refractivity contribution is 5.54. The first kappa shape index (κ1) is 11.4. The number of hydrogen-bond donors (Lipinski definition) is 1. The molecule has 2 rings (SSSR count).